The van der Waals surface area contributed by atoms with Gasteiger partial charge in [-0.2, -0.15) is 0 Å². The van der Waals surface area contributed by atoms with Crippen LogP contribution in [-0.4, -0.2) is 24.1 Å². The van der Waals surface area contributed by atoms with Crippen molar-refractivity contribution in [3.05, 3.63) is 56.6 Å². The minimum atomic E-state index is -0.429. The molecule has 2 aromatic heterocycles. The quantitative estimate of drug-likeness (QED) is 0.480. The third kappa shape index (κ3) is 4.25. The molecule has 0 fully saturated rings. The first kappa shape index (κ1) is 21.6. The molecule has 0 atom stereocenters. The summed E-state index contributed by atoms with van der Waals surface area (Å²) in [5, 5.41) is 7.98. The standard InChI is InChI=1S/C23H23ClN2O4S/c1-13-18(20(26-30-13)14-9-7-8-11-16(14)24)21(27)25-22-19(23(28)29-2)15-10-5-3-4-6-12-17(15)31-22/h7-9,11H,3-6,10,12H2,1-2H3,(H,25,27). The zero-order valence-electron chi connectivity index (χ0n) is 17.4. The van der Waals surface area contributed by atoms with Crippen molar-refractivity contribution in [2.75, 3.05) is 12.4 Å². The minimum Gasteiger partial charge on any atom is -0.465 e. The molecule has 6 nitrogen and oxygen atoms in total. The van der Waals surface area contributed by atoms with Crippen LogP contribution < -0.4 is 5.32 Å². The lowest BCUT2D eigenvalue weighted by Gasteiger charge is -2.11. The summed E-state index contributed by atoms with van der Waals surface area (Å²) < 4.78 is 10.4. The monoisotopic (exact) mass is 458 g/mol. The Hall–Kier alpha value is -2.64. The van der Waals surface area contributed by atoms with Gasteiger partial charge in [0.25, 0.3) is 5.91 Å². The van der Waals surface area contributed by atoms with E-state index in [1.54, 1.807) is 19.1 Å². The molecule has 1 N–H and O–H groups in total. The number of aryl methyl sites for hydroxylation is 2. The fourth-order valence-electron chi connectivity index (χ4n) is 3.97. The van der Waals surface area contributed by atoms with E-state index in [-0.39, 0.29) is 0 Å². The summed E-state index contributed by atoms with van der Waals surface area (Å²) in [5.41, 5.74) is 2.74. The normalized spacial score (nSPS) is 13.8. The van der Waals surface area contributed by atoms with Crippen molar-refractivity contribution >= 4 is 39.8 Å². The fraction of sp³-hybridized carbons (Fsp3) is 0.348. The summed E-state index contributed by atoms with van der Waals surface area (Å²) in [7, 11) is 1.36. The molecule has 0 saturated heterocycles. The largest absolute Gasteiger partial charge is 0.465 e. The summed E-state index contributed by atoms with van der Waals surface area (Å²) in [6.45, 7) is 1.68. The Labute approximate surface area is 189 Å². The molecule has 0 saturated carbocycles. The van der Waals surface area contributed by atoms with E-state index in [0.717, 1.165) is 42.5 Å². The molecule has 1 aliphatic rings. The van der Waals surface area contributed by atoms with E-state index in [0.29, 0.717) is 38.2 Å². The van der Waals surface area contributed by atoms with Gasteiger partial charge in [-0.1, -0.05) is 47.8 Å². The predicted molar refractivity (Wildman–Crippen MR) is 121 cm³/mol. The topological polar surface area (TPSA) is 81.4 Å². The number of rotatable bonds is 4. The molecule has 0 unspecified atom stereocenters. The summed E-state index contributed by atoms with van der Waals surface area (Å²) in [6.07, 6.45) is 6.11. The molecule has 4 rings (SSSR count). The van der Waals surface area contributed by atoms with Crippen LogP contribution in [-0.2, 0) is 17.6 Å². The second-order valence-corrected chi connectivity index (χ2v) is 9.02. The number of carbonyl (C=O) groups is 2. The Balaban J connectivity index is 1.73. The number of benzene rings is 1. The number of aromatic nitrogens is 1. The molecule has 1 aliphatic carbocycles. The molecule has 1 amide bonds. The van der Waals surface area contributed by atoms with Gasteiger partial charge in [0.1, 0.15) is 22.0 Å². The van der Waals surface area contributed by atoms with E-state index in [9.17, 15) is 9.59 Å². The van der Waals surface area contributed by atoms with E-state index in [1.165, 1.54) is 24.9 Å². The highest BCUT2D eigenvalue weighted by atomic mass is 35.5. The number of nitrogens with zero attached hydrogens (tertiary/aromatic N) is 1. The van der Waals surface area contributed by atoms with Crippen LogP contribution in [0.3, 0.4) is 0 Å². The Morgan fingerprint density at radius 3 is 2.61 bits per heavy atom. The highest BCUT2D eigenvalue weighted by molar-refractivity contribution is 7.17. The van der Waals surface area contributed by atoms with Crippen molar-refractivity contribution in [2.45, 2.75) is 45.4 Å². The fourth-order valence-corrected chi connectivity index (χ4v) is 5.47. The SMILES string of the molecule is COC(=O)c1c(NC(=O)c2c(-c3ccccc3Cl)noc2C)sc2c1CCCCCC2. The predicted octanol–water partition coefficient (Wildman–Crippen LogP) is 6.06. The maximum absolute atomic E-state index is 13.3. The van der Waals surface area contributed by atoms with Gasteiger partial charge < -0.3 is 14.6 Å². The van der Waals surface area contributed by atoms with Gasteiger partial charge in [-0.05, 0) is 44.2 Å². The average molecular weight is 459 g/mol. The average Bonchev–Trinajstić information content (AvgIpc) is 3.27. The zero-order valence-corrected chi connectivity index (χ0v) is 19.0. The zero-order chi connectivity index (χ0) is 22.0. The van der Waals surface area contributed by atoms with Crippen molar-refractivity contribution in [3.63, 3.8) is 0 Å². The Morgan fingerprint density at radius 1 is 1.13 bits per heavy atom. The van der Waals surface area contributed by atoms with Crippen molar-refractivity contribution in [2.24, 2.45) is 0 Å². The van der Waals surface area contributed by atoms with E-state index < -0.39 is 11.9 Å². The van der Waals surface area contributed by atoms with Gasteiger partial charge in [0.15, 0.2) is 0 Å². The second-order valence-electron chi connectivity index (χ2n) is 7.51. The first-order valence-electron chi connectivity index (χ1n) is 10.3. The molecule has 0 aliphatic heterocycles. The number of methoxy groups -OCH3 is 1. The van der Waals surface area contributed by atoms with Gasteiger partial charge in [0, 0.05) is 10.4 Å². The highest BCUT2D eigenvalue weighted by Gasteiger charge is 2.29. The Bertz CT molecular complexity index is 1130. The number of thiophene rings is 1. The number of esters is 1. The third-order valence-corrected chi connectivity index (χ3v) is 7.04. The third-order valence-electron chi connectivity index (χ3n) is 5.51. The van der Waals surface area contributed by atoms with Crippen LogP contribution in [0.4, 0.5) is 5.00 Å². The molecule has 8 heteroatoms. The molecule has 3 aromatic rings. The summed E-state index contributed by atoms with van der Waals surface area (Å²) in [5.74, 6) is -0.447. The van der Waals surface area contributed by atoms with Gasteiger partial charge in [-0.3, -0.25) is 4.79 Å². The smallest absolute Gasteiger partial charge is 0.341 e. The maximum atomic E-state index is 13.3. The lowest BCUT2D eigenvalue weighted by molar-refractivity contribution is 0.0601. The van der Waals surface area contributed by atoms with Crippen LogP contribution in [0.25, 0.3) is 11.3 Å². The number of ether oxygens (including phenoxy) is 1. The molecular weight excluding hydrogens is 436 g/mol. The minimum absolute atomic E-state index is 0.296. The molecular formula is C23H23ClN2O4S. The molecule has 0 spiro atoms. The van der Waals surface area contributed by atoms with Gasteiger partial charge >= 0.3 is 5.97 Å². The van der Waals surface area contributed by atoms with Crippen LogP contribution in [0.15, 0.2) is 28.8 Å². The highest BCUT2D eigenvalue weighted by Crippen LogP contribution is 2.38. The van der Waals surface area contributed by atoms with E-state index >= 15 is 0 Å². The Kier molecular flexibility index (Phi) is 6.43. The number of carbonyl (C=O) groups excluding carboxylic acids is 2. The number of amides is 1. The van der Waals surface area contributed by atoms with Crippen LogP contribution in [0, 0.1) is 6.92 Å². The second kappa shape index (κ2) is 9.24. The summed E-state index contributed by atoms with van der Waals surface area (Å²) in [4.78, 5) is 27.1. The first-order valence-corrected chi connectivity index (χ1v) is 11.5. The summed E-state index contributed by atoms with van der Waals surface area (Å²) >= 11 is 7.77. The van der Waals surface area contributed by atoms with Crippen LogP contribution in [0.5, 0.6) is 0 Å². The first-order chi connectivity index (χ1) is 15.0. The van der Waals surface area contributed by atoms with Crippen molar-refractivity contribution in [1.29, 1.82) is 0 Å². The molecule has 0 radical (unpaired) electrons. The van der Waals surface area contributed by atoms with E-state index in [2.05, 4.69) is 10.5 Å². The van der Waals surface area contributed by atoms with E-state index in [4.69, 9.17) is 20.9 Å². The molecule has 0 bridgehead atoms. The van der Waals surface area contributed by atoms with Gasteiger partial charge in [0.2, 0.25) is 0 Å². The molecule has 162 valence electrons. The van der Waals surface area contributed by atoms with Crippen LogP contribution in [0.2, 0.25) is 5.02 Å². The van der Waals surface area contributed by atoms with Gasteiger partial charge in [-0.25, -0.2) is 4.79 Å². The van der Waals surface area contributed by atoms with Crippen molar-refractivity contribution in [1.82, 2.24) is 5.16 Å². The lowest BCUT2D eigenvalue weighted by atomic mass is 9.96. The number of fused-ring (bicyclic) bond motifs is 1. The number of halogens is 1. The lowest BCUT2D eigenvalue weighted by Crippen LogP contribution is -2.16. The summed E-state index contributed by atoms with van der Waals surface area (Å²) in [6, 6.07) is 7.15. The van der Waals surface area contributed by atoms with Crippen molar-refractivity contribution in [3.8, 4) is 11.3 Å². The molecule has 1 aromatic carbocycles. The van der Waals surface area contributed by atoms with E-state index in [1.807, 2.05) is 12.1 Å². The van der Waals surface area contributed by atoms with Crippen LogP contribution >= 0.6 is 22.9 Å². The number of nitrogens with one attached hydrogen (secondary N) is 1. The van der Waals surface area contributed by atoms with Crippen LogP contribution in [0.1, 0.15) is 62.6 Å². The van der Waals surface area contributed by atoms with Crippen molar-refractivity contribution < 1.29 is 18.8 Å². The molecule has 31 heavy (non-hydrogen) atoms. The molecule has 2 heterocycles. The Morgan fingerprint density at radius 2 is 1.87 bits per heavy atom. The number of hydrogen-bond acceptors (Lipinski definition) is 6. The number of anilines is 1. The maximum Gasteiger partial charge on any atom is 0.341 e. The number of hydrogen-bond donors (Lipinski definition) is 1. The van der Waals surface area contributed by atoms with Gasteiger partial charge in [-0.15, -0.1) is 11.3 Å². The van der Waals surface area contributed by atoms with Gasteiger partial charge in [0.05, 0.1) is 17.7 Å².